The van der Waals surface area contributed by atoms with Crippen LogP contribution in [0.15, 0.2) is 48.7 Å². The van der Waals surface area contributed by atoms with E-state index in [1.54, 1.807) is 0 Å². The first-order chi connectivity index (χ1) is 13.5. The Morgan fingerprint density at radius 1 is 1.04 bits per heavy atom. The highest BCUT2D eigenvalue weighted by Gasteiger charge is 2.56. The molecule has 3 aromatic rings. The predicted molar refractivity (Wildman–Crippen MR) is 111 cm³/mol. The van der Waals surface area contributed by atoms with Crippen LogP contribution in [0.1, 0.15) is 29.5 Å². The van der Waals surface area contributed by atoms with Gasteiger partial charge < -0.3 is 15.6 Å². The molecule has 0 bridgehead atoms. The van der Waals surface area contributed by atoms with E-state index >= 15 is 0 Å². The molecular weight excluding hydrogens is 350 g/mol. The van der Waals surface area contributed by atoms with Crippen molar-refractivity contribution >= 4 is 28.4 Å². The number of anilines is 1. The second kappa shape index (κ2) is 7.15. The maximum atomic E-state index is 12.8. The fraction of sp³-hybridized carbons (Fsp3) is 0.304. The van der Waals surface area contributed by atoms with Crippen LogP contribution in [0.3, 0.4) is 0 Å². The smallest absolute Gasteiger partial charge is 0.240 e. The summed E-state index contributed by atoms with van der Waals surface area (Å²) >= 11 is 0. The molecule has 1 aromatic heterocycles. The summed E-state index contributed by atoms with van der Waals surface area (Å²) in [6.45, 7) is 4.50. The summed E-state index contributed by atoms with van der Waals surface area (Å²) in [6, 6.07) is 13.9. The van der Waals surface area contributed by atoms with Crippen LogP contribution < -0.4 is 10.6 Å². The Hall–Kier alpha value is -3.08. The van der Waals surface area contributed by atoms with E-state index in [0.29, 0.717) is 19.4 Å². The van der Waals surface area contributed by atoms with Gasteiger partial charge in [0, 0.05) is 29.3 Å². The lowest BCUT2D eigenvalue weighted by Gasteiger charge is -2.17. The molecule has 3 N–H and O–H groups in total. The molecule has 0 spiro atoms. The van der Waals surface area contributed by atoms with Crippen molar-refractivity contribution in [3.8, 4) is 0 Å². The molecule has 2 amide bonds. The topological polar surface area (TPSA) is 74.0 Å². The van der Waals surface area contributed by atoms with Crippen LogP contribution in [0.25, 0.3) is 10.9 Å². The van der Waals surface area contributed by atoms with Crippen molar-refractivity contribution < 1.29 is 9.59 Å². The van der Waals surface area contributed by atoms with Crippen LogP contribution in [-0.2, 0) is 16.0 Å². The van der Waals surface area contributed by atoms with Crippen LogP contribution in [-0.4, -0.2) is 23.3 Å². The van der Waals surface area contributed by atoms with Crippen LogP contribution in [0.4, 0.5) is 5.69 Å². The van der Waals surface area contributed by atoms with Crippen molar-refractivity contribution in [1.82, 2.24) is 10.3 Å². The number of fused-ring (bicyclic) bond motifs is 1. The van der Waals surface area contributed by atoms with Gasteiger partial charge in [-0.15, -0.1) is 0 Å². The Balaban J connectivity index is 1.37. The number of amides is 2. The maximum Gasteiger partial charge on any atom is 0.240 e. The quantitative estimate of drug-likeness (QED) is 0.572. The number of hydrogen-bond acceptors (Lipinski definition) is 2. The van der Waals surface area contributed by atoms with E-state index in [2.05, 4.69) is 21.7 Å². The number of para-hydroxylation sites is 1. The van der Waals surface area contributed by atoms with Crippen molar-refractivity contribution in [1.29, 1.82) is 0 Å². The van der Waals surface area contributed by atoms with Gasteiger partial charge in [-0.25, -0.2) is 0 Å². The molecule has 1 aliphatic carbocycles. The highest BCUT2D eigenvalue weighted by atomic mass is 16.2. The molecule has 1 heterocycles. The Morgan fingerprint density at radius 3 is 2.61 bits per heavy atom. The number of hydrogen-bond donors (Lipinski definition) is 3. The minimum absolute atomic E-state index is 0.171. The van der Waals surface area contributed by atoms with E-state index in [0.717, 1.165) is 28.8 Å². The summed E-state index contributed by atoms with van der Waals surface area (Å²) in [7, 11) is 0. The average Bonchev–Trinajstić information content (AvgIpc) is 3.42. The minimum atomic E-state index is -0.920. The van der Waals surface area contributed by atoms with Gasteiger partial charge in [-0.05, 0) is 61.9 Å². The molecule has 144 valence electrons. The van der Waals surface area contributed by atoms with Crippen molar-refractivity contribution in [3.63, 3.8) is 0 Å². The summed E-state index contributed by atoms with van der Waals surface area (Å²) < 4.78 is 0. The molecule has 1 fully saturated rings. The lowest BCUT2D eigenvalue weighted by molar-refractivity contribution is -0.134. The van der Waals surface area contributed by atoms with Gasteiger partial charge in [-0.3, -0.25) is 9.59 Å². The third-order valence-electron chi connectivity index (χ3n) is 5.83. The molecule has 0 atom stereocenters. The molecule has 0 unspecified atom stereocenters. The zero-order valence-corrected chi connectivity index (χ0v) is 16.3. The second-order valence-corrected chi connectivity index (χ2v) is 7.65. The van der Waals surface area contributed by atoms with Crippen molar-refractivity contribution in [2.45, 2.75) is 33.1 Å². The van der Waals surface area contributed by atoms with Crippen molar-refractivity contribution in [2.75, 3.05) is 11.9 Å². The van der Waals surface area contributed by atoms with Gasteiger partial charge >= 0.3 is 0 Å². The molecule has 0 aliphatic heterocycles. The van der Waals surface area contributed by atoms with Gasteiger partial charge in [0.25, 0.3) is 0 Å². The fourth-order valence-corrected chi connectivity index (χ4v) is 3.63. The van der Waals surface area contributed by atoms with Crippen molar-refractivity contribution in [2.24, 2.45) is 5.41 Å². The van der Waals surface area contributed by atoms with E-state index in [1.165, 1.54) is 10.9 Å². The lowest BCUT2D eigenvalue weighted by atomic mass is 10.0. The zero-order chi connectivity index (χ0) is 19.7. The third-order valence-corrected chi connectivity index (χ3v) is 5.83. The summed E-state index contributed by atoms with van der Waals surface area (Å²) in [4.78, 5) is 28.8. The summed E-state index contributed by atoms with van der Waals surface area (Å²) in [6.07, 6.45) is 3.91. The Morgan fingerprint density at radius 2 is 1.82 bits per heavy atom. The summed E-state index contributed by atoms with van der Waals surface area (Å²) in [5.74, 6) is -0.374. The SMILES string of the molecule is Cc1cccc(NC(=O)C2(C(=O)NCCc3c[nH]c4ccccc34)CC2)c1C. The Labute approximate surface area is 164 Å². The van der Waals surface area contributed by atoms with E-state index in [4.69, 9.17) is 0 Å². The summed E-state index contributed by atoms with van der Waals surface area (Å²) in [5.41, 5.74) is 4.27. The number of carbonyl (C=O) groups is 2. The molecule has 1 aliphatic rings. The van der Waals surface area contributed by atoms with Crippen LogP contribution in [0.2, 0.25) is 0 Å². The van der Waals surface area contributed by atoms with Gasteiger partial charge in [-0.2, -0.15) is 0 Å². The zero-order valence-electron chi connectivity index (χ0n) is 16.3. The number of benzene rings is 2. The Kier molecular flexibility index (Phi) is 4.67. The molecule has 4 rings (SSSR count). The first kappa shape index (κ1) is 18.3. The number of H-pyrrole nitrogens is 1. The lowest BCUT2D eigenvalue weighted by Crippen LogP contribution is -2.40. The van der Waals surface area contributed by atoms with Gasteiger partial charge in [0.1, 0.15) is 5.41 Å². The molecule has 1 saturated carbocycles. The van der Waals surface area contributed by atoms with Crippen molar-refractivity contribution in [3.05, 3.63) is 65.4 Å². The second-order valence-electron chi connectivity index (χ2n) is 7.65. The molecule has 28 heavy (non-hydrogen) atoms. The Bertz CT molecular complexity index is 1050. The van der Waals surface area contributed by atoms with E-state index in [-0.39, 0.29) is 11.8 Å². The number of aromatic nitrogens is 1. The molecule has 0 saturated heterocycles. The fourth-order valence-electron chi connectivity index (χ4n) is 3.63. The number of nitrogens with one attached hydrogen (secondary N) is 3. The summed E-state index contributed by atoms with van der Waals surface area (Å²) in [5, 5.41) is 7.10. The molecule has 2 aromatic carbocycles. The molecule has 5 heteroatoms. The monoisotopic (exact) mass is 375 g/mol. The maximum absolute atomic E-state index is 12.8. The number of carbonyl (C=O) groups excluding carboxylic acids is 2. The van der Waals surface area contributed by atoms with E-state index in [9.17, 15) is 9.59 Å². The number of aromatic amines is 1. The highest BCUT2D eigenvalue weighted by Crippen LogP contribution is 2.47. The predicted octanol–water partition coefficient (Wildman–Crippen LogP) is 3.86. The highest BCUT2D eigenvalue weighted by molar-refractivity contribution is 6.13. The standard InChI is InChI=1S/C23H25N3O2/c1-15-6-5-9-19(16(15)2)26-22(28)23(11-12-23)21(27)24-13-10-17-14-25-20-8-4-3-7-18(17)20/h3-9,14,25H,10-13H2,1-2H3,(H,24,27)(H,26,28). The minimum Gasteiger partial charge on any atom is -0.361 e. The van der Waals surface area contributed by atoms with Gasteiger partial charge in [0.05, 0.1) is 0 Å². The van der Waals surface area contributed by atoms with Gasteiger partial charge in [-0.1, -0.05) is 30.3 Å². The first-order valence-electron chi connectivity index (χ1n) is 9.72. The molecule has 0 radical (unpaired) electrons. The average molecular weight is 375 g/mol. The largest absolute Gasteiger partial charge is 0.361 e. The molecular formula is C23H25N3O2. The normalized spacial score (nSPS) is 14.6. The number of aryl methyl sites for hydroxylation is 1. The molecule has 5 nitrogen and oxygen atoms in total. The van der Waals surface area contributed by atoms with Crippen LogP contribution in [0, 0.1) is 19.3 Å². The van der Waals surface area contributed by atoms with Crippen LogP contribution in [0.5, 0.6) is 0 Å². The van der Waals surface area contributed by atoms with Gasteiger partial charge in [0.15, 0.2) is 0 Å². The van der Waals surface area contributed by atoms with E-state index < -0.39 is 5.41 Å². The first-order valence-corrected chi connectivity index (χ1v) is 9.72. The van der Waals surface area contributed by atoms with Crippen LogP contribution >= 0.6 is 0 Å². The third kappa shape index (κ3) is 3.28. The van der Waals surface area contributed by atoms with Gasteiger partial charge in [0.2, 0.25) is 11.8 Å². The van der Waals surface area contributed by atoms with E-state index in [1.807, 2.05) is 56.4 Å². The number of rotatable bonds is 6.